The number of hydrogen-bond donors (Lipinski definition) is 2. The molecule has 0 aliphatic rings. The predicted molar refractivity (Wildman–Crippen MR) is 48.2 cm³/mol. The van der Waals surface area contributed by atoms with Crippen LogP contribution in [0.2, 0.25) is 0 Å². The summed E-state index contributed by atoms with van der Waals surface area (Å²) in [4.78, 5) is 13.9. The van der Waals surface area contributed by atoms with E-state index in [4.69, 9.17) is 0 Å². The van der Waals surface area contributed by atoms with Crippen LogP contribution in [0.4, 0.5) is 0 Å². The molecule has 1 aromatic heterocycles. The Labute approximate surface area is 77.0 Å². The SMILES string of the molecule is CCCCNC(=O)c1cc([O])c[nH]1. The first-order valence-corrected chi connectivity index (χ1v) is 4.37. The van der Waals surface area contributed by atoms with Crippen LogP contribution in [0.5, 0.6) is 5.75 Å². The van der Waals surface area contributed by atoms with E-state index in [0.29, 0.717) is 12.2 Å². The Balaban J connectivity index is 2.40. The number of hydrogen-bond acceptors (Lipinski definition) is 1. The fourth-order valence-corrected chi connectivity index (χ4v) is 0.979. The van der Waals surface area contributed by atoms with Crippen LogP contribution in [-0.4, -0.2) is 17.4 Å². The summed E-state index contributed by atoms with van der Waals surface area (Å²) in [6, 6.07) is 1.29. The standard InChI is InChI=1S/C9H13N2O2/c1-2-3-4-10-9(13)8-5-7(12)6-11-8/h5-6,11H,2-4H2,1H3,(H,10,13). The molecule has 0 saturated carbocycles. The van der Waals surface area contributed by atoms with E-state index >= 15 is 0 Å². The van der Waals surface area contributed by atoms with E-state index in [2.05, 4.69) is 17.2 Å². The maximum atomic E-state index is 11.3. The summed E-state index contributed by atoms with van der Waals surface area (Å²) in [5.74, 6) is -0.379. The van der Waals surface area contributed by atoms with Crippen molar-refractivity contribution in [1.29, 1.82) is 0 Å². The van der Waals surface area contributed by atoms with Gasteiger partial charge in [0.1, 0.15) is 5.69 Å². The minimum Gasteiger partial charge on any atom is -0.354 e. The van der Waals surface area contributed by atoms with E-state index < -0.39 is 0 Å². The third kappa shape index (κ3) is 2.82. The van der Waals surface area contributed by atoms with Gasteiger partial charge in [0, 0.05) is 18.8 Å². The fraction of sp³-hybridized carbons (Fsp3) is 0.444. The van der Waals surface area contributed by atoms with Crippen molar-refractivity contribution in [3.63, 3.8) is 0 Å². The number of nitrogens with one attached hydrogen (secondary N) is 2. The topological polar surface area (TPSA) is 64.8 Å². The van der Waals surface area contributed by atoms with Crippen LogP contribution in [0.1, 0.15) is 30.3 Å². The Bertz CT molecular complexity index is 281. The zero-order valence-corrected chi connectivity index (χ0v) is 7.59. The van der Waals surface area contributed by atoms with Crippen LogP contribution in [0, 0.1) is 0 Å². The van der Waals surface area contributed by atoms with Crippen LogP contribution in [0.25, 0.3) is 0 Å². The number of aromatic amines is 1. The lowest BCUT2D eigenvalue weighted by Gasteiger charge is -2.00. The molecule has 13 heavy (non-hydrogen) atoms. The summed E-state index contributed by atoms with van der Waals surface area (Å²) in [5.41, 5.74) is 0.334. The van der Waals surface area contributed by atoms with Gasteiger partial charge in [-0.3, -0.25) is 9.90 Å². The number of unbranched alkanes of at least 4 members (excludes halogenated alkanes) is 1. The molecule has 0 aromatic carbocycles. The van der Waals surface area contributed by atoms with Gasteiger partial charge in [-0.15, -0.1) is 0 Å². The fourth-order valence-electron chi connectivity index (χ4n) is 0.979. The van der Waals surface area contributed by atoms with E-state index in [9.17, 15) is 9.90 Å². The molecule has 1 amide bonds. The molecule has 0 saturated heterocycles. The maximum absolute atomic E-state index is 11.3. The van der Waals surface area contributed by atoms with Gasteiger partial charge in [-0.2, -0.15) is 0 Å². The summed E-state index contributed by atoms with van der Waals surface area (Å²) in [6.07, 6.45) is 3.27. The first-order chi connectivity index (χ1) is 6.24. The van der Waals surface area contributed by atoms with Gasteiger partial charge in [-0.05, 0) is 6.42 Å². The minimum atomic E-state index is -0.212. The Kier molecular flexibility index (Phi) is 3.37. The van der Waals surface area contributed by atoms with E-state index in [1.807, 2.05) is 0 Å². The number of aromatic nitrogens is 1. The summed E-state index contributed by atoms with van der Waals surface area (Å²) in [5, 5.41) is 13.4. The molecule has 1 rings (SSSR count). The summed E-state index contributed by atoms with van der Waals surface area (Å²) >= 11 is 0. The molecular formula is C9H13N2O2. The van der Waals surface area contributed by atoms with Gasteiger partial charge in [-0.25, -0.2) is 0 Å². The molecule has 0 atom stereocenters. The smallest absolute Gasteiger partial charge is 0.267 e. The zero-order valence-electron chi connectivity index (χ0n) is 7.59. The molecule has 1 heterocycles. The van der Waals surface area contributed by atoms with Gasteiger partial charge in [0.25, 0.3) is 5.91 Å². The lowest BCUT2D eigenvalue weighted by molar-refractivity contribution is 0.0948. The highest BCUT2D eigenvalue weighted by Gasteiger charge is 2.07. The highest BCUT2D eigenvalue weighted by Crippen LogP contribution is 2.09. The van der Waals surface area contributed by atoms with Gasteiger partial charge in [0.05, 0.1) is 0 Å². The highest BCUT2D eigenvalue weighted by molar-refractivity contribution is 5.92. The summed E-state index contributed by atoms with van der Waals surface area (Å²) in [6.45, 7) is 2.71. The second kappa shape index (κ2) is 4.54. The normalized spacial score (nSPS) is 9.92. The van der Waals surface area contributed by atoms with Crippen molar-refractivity contribution in [2.45, 2.75) is 19.8 Å². The molecule has 2 N–H and O–H groups in total. The number of rotatable bonds is 4. The molecule has 1 radical (unpaired) electrons. The first kappa shape index (κ1) is 9.64. The van der Waals surface area contributed by atoms with Crippen molar-refractivity contribution < 1.29 is 9.90 Å². The summed E-state index contributed by atoms with van der Waals surface area (Å²) in [7, 11) is 0. The average Bonchev–Trinajstić information content (AvgIpc) is 2.52. The molecule has 1 aromatic rings. The van der Waals surface area contributed by atoms with Crippen molar-refractivity contribution in [3.8, 4) is 5.75 Å². The predicted octanol–water partition coefficient (Wildman–Crippen LogP) is 1.69. The Morgan fingerprint density at radius 2 is 2.38 bits per heavy atom. The largest absolute Gasteiger partial charge is 0.354 e. The van der Waals surface area contributed by atoms with Crippen molar-refractivity contribution >= 4 is 5.91 Å². The van der Waals surface area contributed by atoms with Gasteiger partial charge in [0.15, 0.2) is 5.75 Å². The van der Waals surface area contributed by atoms with E-state index in [0.717, 1.165) is 12.8 Å². The number of carbonyl (C=O) groups is 1. The molecule has 0 spiro atoms. The molecule has 0 aliphatic carbocycles. The van der Waals surface area contributed by atoms with Crippen LogP contribution < -0.4 is 5.32 Å². The van der Waals surface area contributed by atoms with Crippen LogP contribution in [0.3, 0.4) is 0 Å². The van der Waals surface area contributed by atoms with E-state index in [1.165, 1.54) is 12.3 Å². The van der Waals surface area contributed by atoms with Crippen LogP contribution in [0.15, 0.2) is 12.3 Å². The van der Waals surface area contributed by atoms with Gasteiger partial charge in [0.2, 0.25) is 0 Å². The second-order valence-electron chi connectivity index (χ2n) is 2.86. The van der Waals surface area contributed by atoms with Gasteiger partial charge >= 0.3 is 0 Å². The number of H-pyrrole nitrogens is 1. The minimum absolute atomic E-state index is 0.166. The number of amides is 1. The third-order valence-electron chi connectivity index (χ3n) is 1.72. The molecule has 0 aliphatic heterocycles. The lowest BCUT2D eigenvalue weighted by Crippen LogP contribution is -2.24. The molecular weight excluding hydrogens is 168 g/mol. The molecule has 0 unspecified atom stereocenters. The summed E-state index contributed by atoms with van der Waals surface area (Å²) < 4.78 is 0. The van der Waals surface area contributed by atoms with Crippen molar-refractivity contribution in [2.75, 3.05) is 6.54 Å². The number of carbonyl (C=O) groups excluding carboxylic acids is 1. The maximum Gasteiger partial charge on any atom is 0.267 e. The lowest BCUT2D eigenvalue weighted by atomic mass is 10.3. The zero-order chi connectivity index (χ0) is 9.68. The monoisotopic (exact) mass is 181 g/mol. The van der Waals surface area contributed by atoms with E-state index in [-0.39, 0.29) is 11.7 Å². The Morgan fingerprint density at radius 3 is 2.92 bits per heavy atom. The first-order valence-electron chi connectivity index (χ1n) is 4.37. The average molecular weight is 181 g/mol. The molecule has 4 nitrogen and oxygen atoms in total. The van der Waals surface area contributed by atoms with Crippen molar-refractivity contribution in [1.82, 2.24) is 10.3 Å². The highest BCUT2D eigenvalue weighted by atomic mass is 16.3. The van der Waals surface area contributed by atoms with Crippen molar-refractivity contribution in [2.24, 2.45) is 0 Å². The Morgan fingerprint density at radius 1 is 1.62 bits per heavy atom. The van der Waals surface area contributed by atoms with Crippen LogP contribution >= 0.6 is 0 Å². The van der Waals surface area contributed by atoms with Gasteiger partial charge < -0.3 is 10.3 Å². The second-order valence-corrected chi connectivity index (χ2v) is 2.86. The van der Waals surface area contributed by atoms with Crippen LogP contribution in [-0.2, 0) is 5.11 Å². The van der Waals surface area contributed by atoms with E-state index in [1.54, 1.807) is 0 Å². The molecule has 71 valence electrons. The Hall–Kier alpha value is -1.45. The van der Waals surface area contributed by atoms with Crippen molar-refractivity contribution in [3.05, 3.63) is 18.0 Å². The molecule has 0 bridgehead atoms. The quantitative estimate of drug-likeness (QED) is 0.682. The third-order valence-corrected chi connectivity index (χ3v) is 1.72. The molecule has 4 heteroatoms. The van der Waals surface area contributed by atoms with Gasteiger partial charge in [-0.1, -0.05) is 13.3 Å². The molecule has 0 fully saturated rings.